The highest BCUT2D eigenvalue weighted by Gasteiger charge is 2.40. The number of aliphatic hydroxyl groups is 1. The van der Waals surface area contributed by atoms with Crippen molar-refractivity contribution in [1.29, 1.82) is 5.41 Å². The van der Waals surface area contributed by atoms with E-state index in [1.54, 1.807) is 18.2 Å². The Balaban J connectivity index is 1.46. The maximum atomic E-state index is 13.2. The number of nitrogens with two attached hydrogens (primary N) is 1. The van der Waals surface area contributed by atoms with Gasteiger partial charge in [0.05, 0.1) is 13.7 Å². The fourth-order valence-corrected chi connectivity index (χ4v) is 4.54. The van der Waals surface area contributed by atoms with Crippen LogP contribution in [-0.4, -0.2) is 84.6 Å². The van der Waals surface area contributed by atoms with Crippen molar-refractivity contribution in [3.63, 3.8) is 0 Å². The van der Waals surface area contributed by atoms with Crippen molar-refractivity contribution in [3.05, 3.63) is 59.7 Å². The molecule has 0 aromatic heterocycles. The molecule has 0 radical (unpaired) electrons. The van der Waals surface area contributed by atoms with Gasteiger partial charge >= 0.3 is 5.97 Å². The largest absolute Gasteiger partial charge is 0.467 e. The molecule has 0 saturated carbocycles. The number of anilines is 2. The second kappa shape index (κ2) is 11.4. The lowest BCUT2D eigenvalue weighted by atomic mass is 10.1. The van der Waals surface area contributed by atoms with Gasteiger partial charge in [0, 0.05) is 35.6 Å². The Morgan fingerprint density at radius 1 is 1.16 bits per heavy atom. The molecule has 2 fully saturated rings. The second-order valence-corrected chi connectivity index (χ2v) is 8.94. The molecule has 0 spiro atoms. The Bertz CT molecular complexity index is 1250. The van der Waals surface area contributed by atoms with Crippen LogP contribution in [0.4, 0.5) is 11.4 Å². The minimum Gasteiger partial charge on any atom is -0.467 e. The molecule has 2 aliphatic rings. The normalized spacial score (nSPS) is 20.1. The van der Waals surface area contributed by atoms with Crippen molar-refractivity contribution in [3.8, 4) is 0 Å². The number of carbonyl (C=O) groups excluding carboxylic acids is 4. The molecule has 12 heteroatoms. The van der Waals surface area contributed by atoms with Gasteiger partial charge in [-0.05, 0) is 55.3 Å². The molecule has 2 aromatic rings. The van der Waals surface area contributed by atoms with Crippen LogP contribution in [0.2, 0.25) is 0 Å². The molecule has 5 N–H and O–H groups in total. The molecule has 3 amide bonds. The first kappa shape index (κ1) is 26.8. The Kier molecular flexibility index (Phi) is 8.03. The Morgan fingerprint density at radius 2 is 1.89 bits per heavy atom. The number of ether oxygens (including phenoxy) is 2. The first-order valence-corrected chi connectivity index (χ1v) is 12.1. The third-order valence-corrected chi connectivity index (χ3v) is 6.53. The number of methoxy groups -OCH3 is 1. The molecular formula is C26H29N5O7. The zero-order valence-corrected chi connectivity index (χ0v) is 20.8. The fourth-order valence-electron chi connectivity index (χ4n) is 4.54. The van der Waals surface area contributed by atoms with E-state index in [1.165, 1.54) is 47.2 Å². The quantitative estimate of drug-likeness (QED) is 0.230. The van der Waals surface area contributed by atoms with Crippen LogP contribution in [-0.2, 0) is 23.9 Å². The van der Waals surface area contributed by atoms with E-state index in [4.69, 9.17) is 20.6 Å². The highest BCUT2D eigenvalue weighted by Crippen LogP contribution is 2.25. The van der Waals surface area contributed by atoms with E-state index in [0.717, 1.165) is 0 Å². The van der Waals surface area contributed by atoms with E-state index < -0.39 is 36.0 Å². The number of esters is 1. The van der Waals surface area contributed by atoms with Crippen LogP contribution >= 0.6 is 0 Å². The maximum absolute atomic E-state index is 13.2. The molecule has 2 aromatic carbocycles. The Hall–Kier alpha value is -4.29. The number of morpholine rings is 1. The number of hydrogen-bond acceptors (Lipinski definition) is 8. The van der Waals surface area contributed by atoms with Gasteiger partial charge in [0.2, 0.25) is 0 Å². The van der Waals surface area contributed by atoms with Crippen LogP contribution in [0, 0.1) is 5.41 Å². The van der Waals surface area contributed by atoms with Crippen LogP contribution in [0.3, 0.4) is 0 Å². The van der Waals surface area contributed by atoms with Gasteiger partial charge in [-0.1, -0.05) is 6.07 Å². The summed E-state index contributed by atoms with van der Waals surface area (Å²) < 4.78 is 10.3. The molecular weight excluding hydrogens is 494 g/mol. The van der Waals surface area contributed by atoms with Crippen LogP contribution in [0.5, 0.6) is 0 Å². The van der Waals surface area contributed by atoms with Crippen LogP contribution in [0.1, 0.15) is 28.8 Å². The van der Waals surface area contributed by atoms with E-state index in [1.807, 2.05) is 0 Å². The lowest BCUT2D eigenvalue weighted by Crippen LogP contribution is -2.55. The van der Waals surface area contributed by atoms with Crippen molar-refractivity contribution < 1.29 is 33.8 Å². The van der Waals surface area contributed by atoms with Gasteiger partial charge in [-0.15, -0.1) is 0 Å². The lowest BCUT2D eigenvalue weighted by Gasteiger charge is -2.34. The minimum absolute atomic E-state index is 0.0583. The van der Waals surface area contributed by atoms with Crippen molar-refractivity contribution in [2.45, 2.75) is 31.1 Å². The summed E-state index contributed by atoms with van der Waals surface area (Å²) in [5, 5.41) is 20.6. The van der Waals surface area contributed by atoms with Crippen LogP contribution < -0.4 is 16.0 Å². The number of benzene rings is 2. The first-order valence-electron chi connectivity index (χ1n) is 12.1. The first-order chi connectivity index (χ1) is 18.2. The van der Waals surface area contributed by atoms with Gasteiger partial charge in [-0.25, -0.2) is 4.79 Å². The van der Waals surface area contributed by atoms with E-state index in [2.05, 4.69) is 5.32 Å². The summed E-state index contributed by atoms with van der Waals surface area (Å²) in [6.45, 7) is 0.630. The van der Waals surface area contributed by atoms with Gasteiger partial charge < -0.3 is 35.4 Å². The highest BCUT2D eigenvalue weighted by atomic mass is 16.5. The molecule has 12 nitrogen and oxygen atoms in total. The topological polar surface area (TPSA) is 175 Å². The summed E-state index contributed by atoms with van der Waals surface area (Å²) >= 11 is 0. The van der Waals surface area contributed by atoms with Crippen LogP contribution in [0.15, 0.2) is 48.5 Å². The summed E-state index contributed by atoms with van der Waals surface area (Å²) in [6.07, 6.45) is -2.06. The predicted molar refractivity (Wildman–Crippen MR) is 137 cm³/mol. The number of rotatable bonds is 7. The van der Waals surface area contributed by atoms with Crippen LogP contribution in [0.25, 0.3) is 0 Å². The van der Waals surface area contributed by atoms with Gasteiger partial charge in [-0.3, -0.25) is 19.8 Å². The average Bonchev–Trinajstić information content (AvgIpc) is 3.42. The third kappa shape index (κ3) is 5.50. The molecule has 0 unspecified atom stereocenters. The Labute approximate surface area is 218 Å². The van der Waals surface area contributed by atoms with E-state index >= 15 is 0 Å². The van der Waals surface area contributed by atoms with Crippen molar-refractivity contribution in [2.75, 3.05) is 37.0 Å². The second-order valence-electron chi connectivity index (χ2n) is 8.94. The maximum Gasteiger partial charge on any atom is 0.328 e. The zero-order chi connectivity index (χ0) is 27.4. The zero-order valence-electron chi connectivity index (χ0n) is 20.8. The number of amidine groups is 1. The van der Waals surface area contributed by atoms with Gasteiger partial charge in [-0.2, -0.15) is 0 Å². The van der Waals surface area contributed by atoms with Gasteiger partial charge in [0.25, 0.3) is 17.7 Å². The summed E-state index contributed by atoms with van der Waals surface area (Å²) in [4.78, 5) is 53.9. The van der Waals surface area contributed by atoms with Crippen molar-refractivity contribution in [1.82, 2.24) is 4.90 Å². The number of hydrogen-bond donors (Lipinski definition) is 4. The summed E-state index contributed by atoms with van der Waals surface area (Å²) in [5.74, 6) is -2.43. The third-order valence-electron chi connectivity index (χ3n) is 6.53. The summed E-state index contributed by atoms with van der Waals surface area (Å²) in [5.41, 5.74) is 6.93. The average molecular weight is 524 g/mol. The van der Waals surface area contributed by atoms with Gasteiger partial charge in [0.15, 0.2) is 12.2 Å². The number of aliphatic hydroxyl groups excluding tert-OH is 1. The molecule has 2 aliphatic heterocycles. The fraction of sp³-hybridized carbons (Fsp3) is 0.346. The van der Waals surface area contributed by atoms with Crippen molar-refractivity contribution in [2.24, 2.45) is 5.73 Å². The number of likely N-dealkylation sites (tertiary alicyclic amines) is 1. The standard InChI is InChI=1S/C26H29N5O7/c1-37-26(36)19-6-3-11-31(19)24(34)16-4-2-5-18(14-16)30-12-13-38-21(25(30)35)20(32)23(33)29-17-9-7-15(8-10-17)22(27)28/h2,4-5,7-10,14,19-21,32H,3,6,11-13H2,1H3,(H3,27,28)(H,29,33)/t19-,20+,21+/m0/s1. The number of nitrogen functional groups attached to an aromatic ring is 1. The minimum atomic E-state index is -1.80. The predicted octanol–water partition coefficient (Wildman–Crippen LogP) is 0.480. The lowest BCUT2D eigenvalue weighted by molar-refractivity contribution is -0.150. The van der Waals surface area contributed by atoms with Gasteiger partial charge in [0.1, 0.15) is 11.9 Å². The summed E-state index contributed by atoms with van der Waals surface area (Å²) in [6, 6.07) is 11.9. The highest BCUT2D eigenvalue weighted by molar-refractivity contribution is 6.05. The molecule has 4 rings (SSSR count). The number of nitrogens with zero attached hydrogens (tertiary/aromatic N) is 2. The number of nitrogens with one attached hydrogen (secondary N) is 2. The van der Waals surface area contributed by atoms with E-state index in [0.29, 0.717) is 41.9 Å². The number of amides is 3. The van der Waals surface area contributed by atoms with E-state index in [-0.39, 0.29) is 24.9 Å². The smallest absolute Gasteiger partial charge is 0.328 e. The monoisotopic (exact) mass is 523 g/mol. The molecule has 2 heterocycles. The molecule has 2 saturated heterocycles. The number of carbonyl (C=O) groups is 4. The molecule has 0 bridgehead atoms. The molecule has 3 atom stereocenters. The SMILES string of the molecule is COC(=O)[C@@H]1CCCN1C(=O)c1cccc(N2CCO[C@H]([C@@H](O)C(=O)Nc3ccc(C(=N)N)cc3)C2=O)c1. The molecule has 200 valence electrons. The molecule has 0 aliphatic carbocycles. The summed E-state index contributed by atoms with van der Waals surface area (Å²) in [7, 11) is 1.28. The van der Waals surface area contributed by atoms with E-state index in [9.17, 15) is 24.3 Å². The van der Waals surface area contributed by atoms with Crippen molar-refractivity contribution >= 4 is 40.9 Å². The Morgan fingerprint density at radius 3 is 2.58 bits per heavy atom. The molecule has 38 heavy (non-hydrogen) atoms.